The lowest BCUT2D eigenvalue weighted by atomic mass is 9.97. The fourth-order valence-electron chi connectivity index (χ4n) is 2.58. The second-order valence-electron chi connectivity index (χ2n) is 5.58. The van der Waals surface area contributed by atoms with Crippen LogP contribution >= 0.6 is 0 Å². The normalized spacial score (nSPS) is 19.9. The van der Waals surface area contributed by atoms with E-state index < -0.39 is 5.60 Å². The van der Waals surface area contributed by atoms with Crippen molar-refractivity contribution in [1.82, 2.24) is 0 Å². The molecule has 102 valence electrons. The molecule has 0 aromatic heterocycles. The molecule has 1 aliphatic rings. The van der Waals surface area contributed by atoms with E-state index >= 15 is 0 Å². The number of likely N-dealkylation sites (tertiary alicyclic amines) is 1. The molecule has 1 aromatic rings. The van der Waals surface area contributed by atoms with Gasteiger partial charge in [0.2, 0.25) is 0 Å². The van der Waals surface area contributed by atoms with Gasteiger partial charge in [0.25, 0.3) is 0 Å². The molecular weight excluding hydrogens is 234 g/mol. The van der Waals surface area contributed by atoms with Crippen LogP contribution in [0.25, 0.3) is 0 Å². The molecule has 1 saturated heterocycles. The second-order valence-corrected chi connectivity index (χ2v) is 5.58. The van der Waals surface area contributed by atoms with E-state index in [1.54, 1.807) is 11.8 Å². The molecule has 0 spiro atoms. The van der Waals surface area contributed by atoms with Crippen LogP contribution in [-0.2, 0) is 5.60 Å². The first-order chi connectivity index (χ1) is 9.18. The van der Waals surface area contributed by atoms with Crippen LogP contribution in [0.15, 0.2) is 30.3 Å². The van der Waals surface area contributed by atoms with E-state index in [1.165, 1.54) is 38.8 Å². The Balaban J connectivity index is 1.95. The van der Waals surface area contributed by atoms with E-state index in [4.69, 9.17) is 0 Å². The van der Waals surface area contributed by atoms with E-state index in [9.17, 15) is 5.11 Å². The van der Waals surface area contributed by atoms with E-state index in [-0.39, 0.29) is 0 Å². The van der Waals surface area contributed by atoms with E-state index in [2.05, 4.69) is 11.8 Å². The van der Waals surface area contributed by atoms with Crippen molar-refractivity contribution in [3.8, 4) is 11.8 Å². The number of nitrogens with one attached hydrogen (secondary N) is 1. The van der Waals surface area contributed by atoms with Gasteiger partial charge in [-0.15, -0.1) is 0 Å². The van der Waals surface area contributed by atoms with Crippen LogP contribution in [0.5, 0.6) is 0 Å². The lowest BCUT2D eigenvalue weighted by Gasteiger charge is -2.17. The Bertz CT molecular complexity index is 433. The summed E-state index contributed by atoms with van der Waals surface area (Å²) in [7, 11) is 0. The largest absolute Gasteiger partial charge is 0.374 e. The lowest BCUT2D eigenvalue weighted by Crippen LogP contribution is -3.11. The summed E-state index contributed by atoms with van der Waals surface area (Å²) < 4.78 is 0. The molecule has 1 atom stereocenters. The highest BCUT2D eigenvalue weighted by Crippen LogP contribution is 2.18. The zero-order valence-electron chi connectivity index (χ0n) is 11.8. The van der Waals surface area contributed by atoms with Gasteiger partial charge in [-0.25, -0.2) is 0 Å². The fourth-order valence-corrected chi connectivity index (χ4v) is 2.58. The van der Waals surface area contributed by atoms with Crippen LogP contribution in [0.4, 0.5) is 0 Å². The Labute approximate surface area is 116 Å². The molecule has 2 rings (SSSR count). The summed E-state index contributed by atoms with van der Waals surface area (Å²) in [6, 6.07) is 9.67. The fraction of sp³-hybridized carbons (Fsp3) is 0.529. The third kappa shape index (κ3) is 4.38. The predicted molar refractivity (Wildman–Crippen MR) is 77.8 cm³/mol. The maximum absolute atomic E-state index is 10.4. The maximum atomic E-state index is 10.4. The standard InChI is InChI=1S/C17H23NO/c1-17(19,16-10-5-4-6-11-16)12-9-15-18-13-7-2-3-8-14-18/h4-6,10-11,19H,2-3,7-8,13-15H2,1H3/p+1/t17-/m1/s1. The van der Waals surface area contributed by atoms with E-state index in [0.29, 0.717) is 0 Å². The van der Waals surface area contributed by atoms with Crippen LogP contribution in [-0.4, -0.2) is 24.7 Å². The highest BCUT2D eigenvalue weighted by atomic mass is 16.3. The topological polar surface area (TPSA) is 24.7 Å². The van der Waals surface area contributed by atoms with Gasteiger partial charge in [0, 0.05) is 0 Å². The molecule has 2 N–H and O–H groups in total. The van der Waals surface area contributed by atoms with Crippen molar-refractivity contribution in [2.45, 2.75) is 38.2 Å². The van der Waals surface area contributed by atoms with Gasteiger partial charge in [-0.2, -0.15) is 0 Å². The number of quaternary nitrogens is 1. The summed E-state index contributed by atoms with van der Waals surface area (Å²) in [5, 5.41) is 10.4. The number of hydrogen-bond donors (Lipinski definition) is 2. The van der Waals surface area contributed by atoms with Crippen LogP contribution in [0.1, 0.15) is 38.2 Å². The van der Waals surface area contributed by atoms with Crippen molar-refractivity contribution >= 4 is 0 Å². The summed E-state index contributed by atoms with van der Waals surface area (Å²) in [6.45, 7) is 5.07. The van der Waals surface area contributed by atoms with Gasteiger partial charge in [-0.3, -0.25) is 0 Å². The van der Waals surface area contributed by atoms with Crippen molar-refractivity contribution < 1.29 is 10.0 Å². The summed E-state index contributed by atoms with van der Waals surface area (Å²) in [4.78, 5) is 1.56. The average molecular weight is 258 g/mol. The number of benzene rings is 1. The van der Waals surface area contributed by atoms with E-state index in [1.807, 2.05) is 30.3 Å². The first-order valence-electron chi connectivity index (χ1n) is 7.30. The Morgan fingerprint density at radius 1 is 1.11 bits per heavy atom. The number of aliphatic hydroxyl groups is 1. The van der Waals surface area contributed by atoms with Gasteiger partial charge in [-0.1, -0.05) is 36.3 Å². The number of rotatable bonds is 2. The molecule has 0 amide bonds. The minimum atomic E-state index is -1.04. The SMILES string of the molecule is C[C@@](O)(C#CC[NH+]1CCCCCC1)c1ccccc1. The van der Waals surface area contributed by atoms with Crippen LogP contribution < -0.4 is 4.90 Å². The van der Waals surface area contributed by atoms with Crippen molar-refractivity contribution in [3.63, 3.8) is 0 Å². The highest BCUT2D eigenvalue weighted by molar-refractivity contribution is 5.30. The lowest BCUT2D eigenvalue weighted by molar-refractivity contribution is -0.891. The highest BCUT2D eigenvalue weighted by Gasteiger charge is 2.19. The minimum Gasteiger partial charge on any atom is -0.374 e. The zero-order chi connectivity index (χ0) is 13.6. The van der Waals surface area contributed by atoms with Crippen LogP contribution in [0.2, 0.25) is 0 Å². The molecular formula is C17H24NO+. The van der Waals surface area contributed by atoms with Crippen LogP contribution in [0.3, 0.4) is 0 Å². The predicted octanol–water partition coefficient (Wildman–Crippen LogP) is 1.36. The Morgan fingerprint density at radius 2 is 1.74 bits per heavy atom. The molecule has 0 aliphatic carbocycles. The Morgan fingerprint density at radius 3 is 2.37 bits per heavy atom. The third-order valence-electron chi connectivity index (χ3n) is 3.82. The molecule has 2 nitrogen and oxygen atoms in total. The molecule has 0 saturated carbocycles. The Hall–Kier alpha value is -1.30. The average Bonchev–Trinajstić information content (AvgIpc) is 2.68. The van der Waals surface area contributed by atoms with Gasteiger partial charge in [-0.05, 0) is 44.1 Å². The molecule has 1 heterocycles. The summed E-state index contributed by atoms with van der Waals surface area (Å²) in [5.74, 6) is 6.21. The first-order valence-corrected chi connectivity index (χ1v) is 7.30. The van der Waals surface area contributed by atoms with Crippen molar-refractivity contribution in [1.29, 1.82) is 0 Å². The second kappa shape index (κ2) is 6.75. The summed E-state index contributed by atoms with van der Waals surface area (Å²) in [6.07, 6.45) is 5.34. The van der Waals surface area contributed by atoms with Gasteiger partial charge in [0.15, 0.2) is 0 Å². The van der Waals surface area contributed by atoms with Gasteiger partial charge >= 0.3 is 0 Å². The maximum Gasteiger partial charge on any atom is 0.148 e. The molecule has 2 heteroatoms. The van der Waals surface area contributed by atoms with Crippen LogP contribution in [0, 0.1) is 11.8 Å². The molecule has 0 radical (unpaired) electrons. The molecule has 0 unspecified atom stereocenters. The smallest absolute Gasteiger partial charge is 0.148 e. The third-order valence-corrected chi connectivity index (χ3v) is 3.82. The molecule has 0 bridgehead atoms. The molecule has 19 heavy (non-hydrogen) atoms. The van der Waals surface area contributed by atoms with Gasteiger partial charge in [0.05, 0.1) is 13.1 Å². The molecule has 1 fully saturated rings. The Kier molecular flexibility index (Phi) is 5.01. The first kappa shape index (κ1) is 14.1. The number of hydrogen-bond acceptors (Lipinski definition) is 1. The molecule has 1 aliphatic heterocycles. The van der Waals surface area contributed by atoms with Crippen molar-refractivity contribution in [3.05, 3.63) is 35.9 Å². The monoisotopic (exact) mass is 258 g/mol. The molecule has 1 aromatic carbocycles. The minimum absolute atomic E-state index is 0.850. The van der Waals surface area contributed by atoms with Gasteiger partial charge < -0.3 is 10.0 Å². The van der Waals surface area contributed by atoms with Crippen molar-refractivity contribution in [2.75, 3.05) is 19.6 Å². The quantitative estimate of drug-likeness (QED) is 0.769. The zero-order valence-corrected chi connectivity index (χ0v) is 11.8. The summed E-state index contributed by atoms with van der Waals surface area (Å²) >= 11 is 0. The van der Waals surface area contributed by atoms with E-state index in [0.717, 1.165) is 12.1 Å². The van der Waals surface area contributed by atoms with Gasteiger partial charge in [0.1, 0.15) is 12.1 Å². The summed E-state index contributed by atoms with van der Waals surface area (Å²) in [5.41, 5.74) is -0.166. The van der Waals surface area contributed by atoms with Crippen molar-refractivity contribution in [2.24, 2.45) is 0 Å².